The minimum Gasteiger partial charge on any atom is -0.486 e. The number of nitrogens with zero attached hydrogens (tertiary/aromatic N) is 4. The van der Waals surface area contributed by atoms with E-state index in [-0.39, 0.29) is 11.4 Å². The van der Waals surface area contributed by atoms with Gasteiger partial charge in [0.15, 0.2) is 5.16 Å². The van der Waals surface area contributed by atoms with E-state index in [0.717, 1.165) is 16.3 Å². The van der Waals surface area contributed by atoms with Crippen molar-refractivity contribution in [3.05, 3.63) is 105 Å². The van der Waals surface area contributed by atoms with E-state index in [4.69, 9.17) is 9.72 Å². The van der Waals surface area contributed by atoms with E-state index in [1.165, 1.54) is 35.2 Å². The van der Waals surface area contributed by atoms with Crippen molar-refractivity contribution >= 4 is 34.0 Å². The Morgan fingerprint density at radius 1 is 1.09 bits per heavy atom. The van der Waals surface area contributed by atoms with E-state index in [1.807, 2.05) is 42.6 Å². The fourth-order valence-corrected chi connectivity index (χ4v) is 5.05. The monoisotopic (exact) mass is 490 g/mol. The van der Waals surface area contributed by atoms with Crippen molar-refractivity contribution in [2.45, 2.75) is 24.4 Å². The summed E-state index contributed by atoms with van der Waals surface area (Å²) < 4.78 is 20.3. The van der Waals surface area contributed by atoms with Crippen LogP contribution in [0.3, 0.4) is 0 Å². The summed E-state index contributed by atoms with van der Waals surface area (Å²) >= 11 is 2.92. The molecule has 0 aliphatic carbocycles. The summed E-state index contributed by atoms with van der Waals surface area (Å²) in [6, 6.07) is 17.0. The maximum absolute atomic E-state index is 13.3. The number of benzene rings is 2. The van der Waals surface area contributed by atoms with E-state index in [9.17, 15) is 9.18 Å². The number of hydrogen-bond acceptors (Lipinski definition) is 7. The minimum absolute atomic E-state index is 0.155. The van der Waals surface area contributed by atoms with Crippen LogP contribution < -0.4 is 10.3 Å². The van der Waals surface area contributed by atoms with Gasteiger partial charge in [0.1, 0.15) is 29.0 Å². The molecular weight excluding hydrogens is 471 g/mol. The molecule has 0 spiro atoms. The molecule has 0 saturated heterocycles. The van der Waals surface area contributed by atoms with Crippen LogP contribution in [0.2, 0.25) is 0 Å². The van der Waals surface area contributed by atoms with Crippen LogP contribution in [0.15, 0.2) is 82.2 Å². The predicted molar refractivity (Wildman–Crippen MR) is 132 cm³/mol. The zero-order valence-corrected chi connectivity index (χ0v) is 19.8. The average Bonchev–Trinajstić information content (AvgIpc) is 3.30. The van der Waals surface area contributed by atoms with Crippen LogP contribution >= 0.6 is 23.1 Å². The summed E-state index contributed by atoms with van der Waals surface area (Å²) in [4.78, 5) is 27.1. The number of ether oxygens (including phenoxy) is 1. The van der Waals surface area contributed by atoms with Gasteiger partial charge >= 0.3 is 0 Å². The first-order chi connectivity index (χ1) is 16.6. The third-order valence-corrected chi connectivity index (χ3v) is 6.84. The molecule has 0 aliphatic rings. The molecule has 0 N–H and O–H groups in total. The van der Waals surface area contributed by atoms with Crippen molar-refractivity contribution in [2.75, 3.05) is 0 Å². The lowest BCUT2D eigenvalue weighted by molar-refractivity contribution is 0.305. The summed E-state index contributed by atoms with van der Waals surface area (Å²) in [6.07, 6.45) is 1.69. The molecule has 34 heavy (non-hydrogen) atoms. The Balaban J connectivity index is 1.38. The molecule has 0 atom stereocenters. The van der Waals surface area contributed by atoms with E-state index >= 15 is 0 Å². The van der Waals surface area contributed by atoms with Crippen LogP contribution in [0.1, 0.15) is 16.3 Å². The first-order valence-corrected chi connectivity index (χ1v) is 12.3. The van der Waals surface area contributed by atoms with Crippen molar-refractivity contribution in [3.63, 3.8) is 0 Å². The number of rotatable bonds is 7. The first kappa shape index (κ1) is 22.2. The van der Waals surface area contributed by atoms with E-state index in [1.54, 1.807) is 29.0 Å². The zero-order chi connectivity index (χ0) is 23.5. The first-order valence-electron chi connectivity index (χ1n) is 10.5. The molecule has 0 aliphatic heterocycles. The van der Waals surface area contributed by atoms with Gasteiger partial charge in [-0.15, -0.1) is 11.3 Å². The molecule has 5 rings (SSSR count). The highest BCUT2D eigenvalue weighted by Gasteiger charge is 2.15. The molecule has 5 aromatic rings. The van der Waals surface area contributed by atoms with Gasteiger partial charge in [-0.1, -0.05) is 23.9 Å². The molecule has 9 heteroatoms. The molecule has 0 radical (unpaired) electrons. The van der Waals surface area contributed by atoms with Crippen LogP contribution in [0.4, 0.5) is 4.39 Å². The summed E-state index contributed by atoms with van der Waals surface area (Å²) in [6.45, 7) is 2.26. The molecule has 170 valence electrons. The number of thioether (sulfide) groups is 1. The minimum atomic E-state index is -0.303. The Morgan fingerprint density at radius 3 is 2.74 bits per heavy atom. The van der Waals surface area contributed by atoms with Gasteiger partial charge in [0, 0.05) is 17.3 Å². The number of thiazole rings is 1. The Hall–Kier alpha value is -3.56. The van der Waals surface area contributed by atoms with Crippen molar-refractivity contribution in [2.24, 2.45) is 0 Å². The van der Waals surface area contributed by atoms with Crippen molar-refractivity contribution in [1.29, 1.82) is 0 Å². The molecule has 0 fully saturated rings. The second kappa shape index (κ2) is 9.74. The van der Waals surface area contributed by atoms with E-state index in [0.29, 0.717) is 40.0 Å². The maximum atomic E-state index is 13.3. The smallest absolute Gasteiger partial charge is 0.267 e. The van der Waals surface area contributed by atoms with Gasteiger partial charge < -0.3 is 4.74 Å². The lowest BCUT2D eigenvalue weighted by Crippen LogP contribution is -2.22. The lowest BCUT2D eigenvalue weighted by Gasteiger charge is -2.12. The number of aromatic nitrogens is 4. The Kier molecular flexibility index (Phi) is 6.37. The van der Waals surface area contributed by atoms with E-state index < -0.39 is 0 Å². The molecule has 3 aromatic heterocycles. The standard InChI is InChI=1S/C25H19FN4O2S2/c1-16-10-11-27-22(12-16)30-24(31)20-4-2-3-5-21(20)29-25(30)34-15-18-14-33-23(28-18)13-32-19-8-6-17(26)7-9-19/h2-12,14H,13,15H2,1H3. The van der Waals surface area contributed by atoms with Gasteiger partial charge in [-0.25, -0.2) is 23.9 Å². The molecule has 0 unspecified atom stereocenters. The SMILES string of the molecule is Cc1ccnc(-n2c(SCc3csc(COc4ccc(F)cc4)n3)nc3ccccc3c2=O)c1. The highest BCUT2D eigenvalue weighted by molar-refractivity contribution is 7.98. The average molecular weight is 491 g/mol. The number of hydrogen-bond donors (Lipinski definition) is 0. The summed E-state index contributed by atoms with van der Waals surface area (Å²) in [5, 5.41) is 3.87. The van der Waals surface area contributed by atoms with Gasteiger partial charge in [-0.05, 0) is 61.0 Å². The fraction of sp³-hybridized carbons (Fsp3) is 0.120. The van der Waals surface area contributed by atoms with Crippen LogP contribution in [-0.2, 0) is 12.4 Å². The second-order valence-corrected chi connectivity index (χ2v) is 9.39. The Bertz CT molecular complexity index is 1520. The van der Waals surface area contributed by atoms with Gasteiger partial charge in [0.2, 0.25) is 0 Å². The maximum Gasteiger partial charge on any atom is 0.267 e. The summed E-state index contributed by atoms with van der Waals surface area (Å²) in [5.74, 6) is 1.35. The third kappa shape index (κ3) is 4.85. The molecule has 0 amide bonds. The zero-order valence-electron chi connectivity index (χ0n) is 18.1. The number of para-hydroxylation sites is 1. The quantitative estimate of drug-likeness (QED) is 0.220. The van der Waals surface area contributed by atoms with E-state index in [2.05, 4.69) is 9.97 Å². The molecule has 2 aromatic carbocycles. The van der Waals surface area contributed by atoms with Gasteiger partial charge in [0.25, 0.3) is 5.56 Å². The number of fused-ring (bicyclic) bond motifs is 1. The normalized spacial score (nSPS) is 11.1. The molecule has 3 heterocycles. The topological polar surface area (TPSA) is 69.9 Å². The van der Waals surface area contributed by atoms with Crippen LogP contribution in [0, 0.1) is 12.7 Å². The van der Waals surface area contributed by atoms with Gasteiger partial charge in [0.05, 0.1) is 16.6 Å². The lowest BCUT2D eigenvalue weighted by atomic mass is 10.2. The van der Waals surface area contributed by atoms with Crippen molar-refractivity contribution in [3.8, 4) is 11.6 Å². The number of halogens is 1. The van der Waals surface area contributed by atoms with Crippen molar-refractivity contribution < 1.29 is 9.13 Å². The third-order valence-electron chi connectivity index (χ3n) is 5.00. The fourth-order valence-electron chi connectivity index (χ4n) is 3.35. The second-order valence-electron chi connectivity index (χ2n) is 7.51. The Labute approximate surface area is 203 Å². The van der Waals surface area contributed by atoms with Crippen LogP contribution in [0.25, 0.3) is 16.7 Å². The number of pyridine rings is 1. The van der Waals surface area contributed by atoms with Crippen molar-refractivity contribution in [1.82, 2.24) is 19.5 Å². The molecular formula is C25H19FN4O2S2. The molecule has 6 nitrogen and oxygen atoms in total. The summed E-state index contributed by atoms with van der Waals surface area (Å²) in [7, 11) is 0. The van der Waals surface area contributed by atoms with Crippen LogP contribution in [-0.4, -0.2) is 19.5 Å². The Morgan fingerprint density at radius 2 is 1.91 bits per heavy atom. The highest BCUT2D eigenvalue weighted by atomic mass is 32.2. The van der Waals surface area contributed by atoms with Gasteiger partial charge in [-0.3, -0.25) is 4.79 Å². The number of aryl methyl sites for hydroxylation is 1. The van der Waals surface area contributed by atoms with Gasteiger partial charge in [-0.2, -0.15) is 0 Å². The molecule has 0 saturated carbocycles. The predicted octanol–water partition coefficient (Wildman–Crippen LogP) is 5.56. The largest absolute Gasteiger partial charge is 0.486 e. The molecule has 0 bridgehead atoms. The summed E-state index contributed by atoms with van der Waals surface area (Å²) in [5.41, 5.74) is 2.36. The highest BCUT2D eigenvalue weighted by Crippen LogP contribution is 2.25. The van der Waals surface area contributed by atoms with Crippen LogP contribution in [0.5, 0.6) is 5.75 Å².